The lowest BCUT2D eigenvalue weighted by molar-refractivity contribution is -0.165. The Balaban J connectivity index is 1.69. The second-order valence-electron chi connectivity index (χ2n) is 10.00. The highest BCUT2D eigenvalue weighted by atomic mass is 19.4. The van der Waals surface area contributed by atoms with E-state index in [2.05, 4.69) is 11.7 Å². The van der Waals surface area contributed by atoms with Gasteiger partial charge < -0.3 is 9.47 Å². The molecular weight excluding hydrogens is 493 g/mol. The molecule has 2 aromatic carbocycles. The standard InChI is InChI=1S/C30H35F3N2O3/c1-18(2)29(36)38-22(7)37-28-15-11-24(16-21(28)6)20(5)8-14-26-17-27(34-35(26)19(3)4)23-9-12-25(13-10-23)30(31,32)33/h9-13,15-19,22H,5,8,14H2,1-4,6-7H3. The van der Waals surface area contributed by atoms with E-state index in [0.717, 1.165) is 34.5 Å². The lowest BCUT2D eigenvalue weighted by Gasteiger charge is -2.18. The Morgan fingerprint density at radius 2 is 1.68 bits per heavy atom. The van der Waals surface area contributed by atoms with Gasteiger partial charge in [0, 0.05) is 24.2 Å². The summed E-state index contributed by atoms with van der Waals surface area (Å²) < 4.78 is 51.8. The van der Waals surface area contributed by atoms with Crippen molar-refractivity contribution in [2.75, 3.05) is 0 Å². The molecule has 1 heterocycles. The fourth-order valence-electron chi connectivity index (χ4n) is 3.97. The second kappa shape index (κ2) is 11.9. The van der Waals surface area contributed by atoms with Gasteiger partial charge in [0.1, 0.15) is 5.75 Å². The summed E-state index contributed by atoms with van der Waals surface area (Å²) in [6.07, 6.45) is -3.73. The number of aromatic nitrogens is 2. The molecule has 0 N–H and O–H groups in total. The van der Waals surface area contributed by atoms with Crippen molar-refractivity contribution in [2.45, 2.75) is 72.9 Å². The molecule has 3 aromatic rings. The summed E-state index contributed by atoms with van der Waals surface area (Å²) in [5, 5.41) is 4.66. The maximum Gasteiger partial charge on any atom is 0.416 e. The first-order chi connectivity index (χ1) is 17.8. The number of allylic oxidation sites excluding steroid dienone is 1. The molecule has 38 heavy (non-hydrogen) atoms. The summed E-state index contributed by atoms with van der Waals surface area (Å²) >= 11 is 0. The highest BCUT2D eigenvalue weighted by molar-refractivity contribution is 5.71. The van der Waals surface area contributed by atoms with Crippen molar-refractivity contribution in [3.8, 4) is 17.0 Å². The van der Waals surface area contributed by atoms with E-state index in [1.54, 1.807) is 20.8 Å². The van der Waals surface area contributed by atoms with Crippen LogP contribution in [0, 0.1) is 12.8 Å². The molecule has 0 amide bonds. The summed E-state index contributed by atoms with van der Waals surface area (Å²) in [6, 6.07) is 12.8. The molecule has 5 nitrogen and oxygen atoms in total. The molecule has 8 heteroatoms. The first-order valence-corrected chi connectivity index (χ1v) is 12.7. The van der Waals surface area contributed by atoms with Crippen molar-refractivity contribution in [3.63, 3.8) is 0 Å². The van der Waals surface area contributed by atoms with E-state index in [4.69, 9.17) is 9.47 Å². The van der Waals surface area contributed by atoms with Crippen molar-refractivity contribution in [2.24, 2.45) is 5.92 Å². The van der Waals surface area contributed by atoms with E-state index in [9.17, 15) is 18.0 Å². The summed E-state index contributed by atoms with van der Waals surface area (Å²) in [6.45, 7) is 15.4. The van der Waals surface area contributed by atoms with Gasteiger partial charge in [-0.1, -0.05) is 38.6 Å². The summed E-state index contributed by atoms with van der Waals surface area (Å²) in [5.74, 6) is 0.0813. The Hall–Kier alpha value is -3.55. The fourth-order valence-corrected chi connectivity index (χ4v) is 3.97. The van der Waals surface area contributed by atoms with E-state index < -0.39 is 18.0 Å². The number of hydrogen-bond donors (Lipinski definition) is 0. The highest BCUT2D eigenvalue weighted by Gasteiger charge is 2.30. The molecule has 1 unspecified atom stereocenters. The average molecular weight is 529 g/mol. The summed E-state index contributed by atoms with van der Waals surface area (Å²) in [5.41, 5.74) is 4.38. The van der Waals surface area contributed by atoms with Gasteiger partial charge in [-0.15, -0.1) is 0 Å². The molecule has 204 valence electrons. The van der Waals surface area contributed by atoms with Crippen LogP contribution in [0.4, 0.5) is 13.2 Å². The number of alkyl halides is 3. The van der Waals surface area contributed by atoms with Crippen LogP contribution in [0.25, 0.3) is 16.8 Å². The predicted octanol–water partition coefficient (Wildman–Crippen LogP) is 8.03. The van der Waals surface area contributed by atoms with Gasteiger partial charge in [0.15, 0.2) is 0 Å². The zero-order chi connectivity index (χ0) is 28.2. The predicted molar refractivity (Wildman–Crippen MR) is 143 cm³/mol. The normalized spacial score (nSPS) is 12.6. The molecule has 1 aromatic heterocycles. The van der Waals surface area contributed by atoms with Crippen LogP contribution in [-0.2, 0) is 22.1 Å². The van der Waals surface area contributed by atoms with Crippen molar-refractivity contribution < 1.29 is 27.4 Å². The minimum Gasteiger partial charge on any atom is -0.455 e. The molecule has 0 aliphatic heterocycles. The first kappa shape index (κ1) is 29.0. The highest BCUT2D eigenvalue weighted by Crippen LogP contribution is 2.32. The number of hydrogen-bond acceptors (Lipinski definition) is 4. The Labute approximate surface area is 222 Å². The smallest absolute Gasteiger partial charge is 0.416 e. The van der Waals surface area contributed by atoms with E-state index in [0.29, 0.717) is 29.8 Å². The van der Waals surface area contributed by atoms with Crippen LogP contribution in [0.2, 0.25) is 0 Å². The van der Waals surface area contributed by atoms with E-state index in [1.807, 2.05) is 49.7 Å². The number of carbonyl (C=O) groups is 1. The zero-order valence-electron chi connectivity index (χ0n) is 22.7. The van der Waals surface area contributed by atoms with Gasteiger partial charge in [-0.3, -0.25) is 9.48 Å². The van der Waals surface area contributed by atoms with Gasteiger partial charge in [-0.25, -0.2) is 0 Å². The number of esters is 1. The lowest BCUT2D eigenvalue weighted by atomic mass is 9.99. The van der Waals surface area contributed by atoms with Crippen LogP contribution >= 0.6 is 0 Å². The number of benzene rings is 2. The van der Waals surface area contributed by atoms with Gasteiger partial charge in [-0.05, 0) is 80.6 Å². The van der Waals surface area contributed by atoms with Gasteiger partial charge >= 0.3 is 12.1 Å². The molecule has 0 aliphatic rings. The van der Waals surface area contributed by atoms with Crippen molar-refractivity contribution >= 4 is 11.5 Å². The van der Waals surface area contributed by atoms with Crippen molar-refractivity contribution in [3.05, 3.63) is 77.5 Å². The SMILES string of the molecule is C=C(CCc1cc(-c2ccc(C(F)(F)F)cc2)nn1C(C)C)c1ccc(OC(C)OC(=O)C(C)C)c(C)c1. The number of halogens is 3. The minimum atomic E-state index is -4.37. The lowest BCUT2D eigenvalue weighted by Crippen LogP contribution is -2.24. The Kier molecular flexibility index (Phi) is 9.07. The summed E-state index contributed by atoms with van der Waals surface area (Å²) in [7, 11) is 0. The third-order valence-corrected chi connectivity index (χ3v) is 6.12. The maximum absolute atomic E-state index is 12.9. The number of aryl methyl sites for hydroxylation is 2. The Bertz CT molecular complexity index is 1270. The zero-order valence-corrected chi connectivity index (χ0v) is 22.7. The molecule has 0 aliphatic carbocycles. The average Bonchev–Trinajstić information content (AvgIpc) is 3.28. The molecule has 3 rings (SSSR count). The molecule has 1 atom stereocenters. The van der Waals surface area contributed by atoms with Crippen LogP contribution < -0.4 is 4.74 Å². The number of nitrogens with zero attached hydrogens (tertiary/aromatic N) is 2. The summed E-state index contributed by atoms with van der Waals surface area (Å²) in [4.78, 5) is 11.8. The third-order valence-electron chi connectivity index (χ3n) is 6.12. The molecule has 0 fully saturated rings. The van der Waals surface area contributed by atoms with Crippen LogP contribution in [0.15, 0.2) is 55.1 Å². The Morgan fingerprint density at radius 3 is 2.24 bits per heavy atom. The van der Waals surface area contributed by atoms with Crippen LogP contribution in [-0.4, -0.2) is 22.0 Å². The largest absolute Gasteiger partial charge is 0.455 e. The van der Waals surface area contributed by atoms with Crippen LogP contribution in [0.5, 0.6) is 5.75 Å². The molecular formula is C30H35F3N2O3. The van der Waals surface area contributed by atoms with Crippen molar-refractivity contribution in [1.29, 1.82) is 0 Å². The molecule has 0 saturated carbocycles. The van der Waals surface area contributed by atoms with Gasteiger partial charge in [0.05, 0.1) is 17.2 Å². The van der Waals surface area contributed by atoms with Crippen LogP contribution in [0.1, 0.15) is 69.5 Å². The molecule has 0 saturated heterocycles. The van der Waals surface area contributed by atoms with E-state index >= 15 is 0 Å². The molecule has 0 bridgehead atoms. The van der Waals surface area contributed by atoms with Gasteiger partial charge in [-0.2, -0.15) is 18.3 Å². The Morgan fingerprint density at radius 1 is 1.03 bits per heavy atom. The van der Waals surface area contributed by atoms with Gasteiger partial charge in [0.2, 0.25) is 6.29 Å². The van der Waals surface area contributed by atoms with E-state index in [1.165, 1.54) is 12.1 Å². The van der Waals surface area contributed by atoms with Crippen molar-refractivity contribution in [1.82, 2.24) is 9.78 Å². The number of rotatable bonds is 10. The number of carbonyl (C=O) groups excluding carboxylic acids is 1. The third kappa shape index (κ3) is 7.27. The van der Waals surface area contributed by atoms with Crippen LogP contribution in [0.3, 0.4) is 0 Å². The first-order valence-electron chi connectivity index (χ1n) is 12.7. The molecule has 0 spiro atoms. The van der Waals surface area contributed by atoms with Gasteiger partial charge in [0.25, 0.3) is 0 Å². The second-order valence-corrected chi connectivity index (χ2v) is 10.00. The quantitative estimate of drug-likeness (QED) is 0.197. The number of ether oxygens (including phenoxy) is 2. The molecule has 0 radical (unpaired) electrons. The maximum atomic E-state index is 12.9. The van der Waals surface area contributed by atoms with E-state index in [-0.39, 0.29) is 17.9 Å². The fraction of sp³-hybridized carbons (Fsp3) is 0.400. The minimum absolute atomic E-state index is 0.0897. The monoisotopic (exact) mass is 528 g/mol. The topological polar surface area (TPSA) is 53.4 Å².